The molecule has 1 N–H and O–H groups in total. The van der Waals surface area contributed by atoms with Gasteiger partial charge in [-0.3, -0.25) is 9.59 Å². The largest absolute Gasteiger partial charge is 0.481 e. The minimum atomic E-state index is -0.740. The molecule has 7 heteroatoms. The Bertz CT molecular complexity index is 681. The maximum atomic E-state index is 13.1. The lowest BCUT2D eigenvalue weighted by Gasteiger charge is -2.29. The van der Waals surface area contributed by atoms with Gasteiger partial charge in [0.05, 0.1) is 12.2 Å². The third-order valence-electron chi connectivity index (χ3n) is 7.93. The molecule has 37 heavy (non-hydrogen) atoms. The third kappa shape index (κ3) is 11.2. The lowest BCUT2D eigenvalue weighted by atomic mass is 9.88. The van der Waals surface area contributed by atoms with E-state index in [1.165, 1.54) is 12.8 Å². The van der Waals surface area contributed by atoms with Crippen molar-refractivity contribution in [3.8, 4) is 0 Å². The van der Waals surface area contributed by atoms with E-state index in [1.54, 1.807) is 0 Å². The lowest BCUT2D eigenvalue weighted by molar-refractivity contribution is -0.192. The first-order chi connectivity index (χ1) is 18.1. The van der Waals surface area contributed by atoms with Crippen LogP contribution in [0.15, 0.2) is 12.2 Å². The van der Waals surface area contributed by atoms with Gasteiger partial charge >= 0.3 is 5.97 Å². The fraction of sp³-hybridized carbons (Fsp3) is 0.867. The van der Waals surface area contributed by atoms with Crippen molar-refractivity contribution in [2.75, 3.05) is 13.2 Å². The van der Waals surface area contributed by atoms with Crippen LogP contribution in [0.3, 0.4) is 0 Å². The number of rotatable bonds is 17. The molecule has 3 fully saturated rings. The molecule has 7 nitrogen and oxygen atoms in total. The zero-order chi connectivity index (χ0) is 26.3. The summed E-state index contributed by atoms with van der Waals surface area (Å²) in [6.07, 6.45) is 19.4. The number of hydrogen-bond donors (Lipinski definition) is 1. The van der Waals surface area contributed by atoms with Gasteiger partial charge in [0.1, 0.15) is 5.78 Å². The number of carbonyl (C=O) groups is 2. The number of aliphatic carboxylic acids is 1. The second-order valence-corrected chi connectivity index (χ2v) is 11.0. The number of carboxylic acids is 1. The summed E-state index contributed by atoms with van der Waals surface area (Å²) in [6, 6.07) is 0. The van der Waals surface area contributed by atoms with E-state index in [9.17, 15) is 9.59 Å². The van der Waals surface area contributed by atoms with Crippen LogP contribution in [0.25, 0.3) is 0 Å². The van der Waals surface area contributed by atoms with Gasteiger partial charge in [-0.15, -0.1) is 0 Å². The average Bonchev–Trinajstić information content (AvgIpc) is 3.19. The van der Waals surface area contributed by atoms with Crippen LogP contribution in [-0.4, -0.2) is 54.9 Å². The normalized spacial score (nSPS) is 29.6. The Morgan fingerprint density at radius 1 is 1.00 bits per heavy atom. The van der Waals surface area contributed by atoms with Crippen LogP contribution in [0, 0.1) is 11.8 Å². The predicted octanol–water partition coefficient (Wildman–Crippen LogP) is 6.58. The van der Waals surface area contributed by atoms with Gasteiger partial charge in [0, 0.05) is 37.9 Å². The monoisotopic (exact) mass is 522 g/mol. The van der Waals surface area contributed by atoms with E-state index in [0.29, 0.717) is 12.8 Å². The Morgan fingerprint density at radius 2 is 1.73 bits per heavy atom. The first-order valence-corrected chi connectivity index (χ1v) is 15.0. The maximum Gasteiger partial charge on any atom is 0.303 e. The molecular weight excluding hydrogens is 472 g/mol. The second kappa shape index (κ2) is 17.3. The molecule has 0 radical (unpaired) electrons. The molecule has 6 atom stereocenters. The van der Waals surface area contributed by atoms with Crippen LogP contribution in [0.5, 0.6) is 0 Å². The molecule has 1 saturated carbocycles. The third-order valence-corrected chi connectivity index (χ3v) is 7.93. The summed E-state index contributed by atoms with van der Waals surface area (Å²) in [7, 11) is 0. The molecule has 3 rings (SSSR count). The van der Waals surface area contributed by atoms with Crippen molar-refractivity contribution >= 4 is 11.8 Å². The highest BCUT2D eigenvalue weighted by molar-refractivity contribution is 5.84. The van der Waals surface area contributed by atoms with Crippen LogP contribution in [-0.2, 0) is 28.5 Å². The fourth-order valence-electron chi connectivity index (χ4n) is 5.79. The van der Waals surface area contributed by atoms with Crippen LogP contribution >= 0.6 is 0 Å². The van der Waals surface area contributed by atoms with Gasteiger partial charge in [-0.05, 0) is 57.8 Å². The summed E-state index contributed by atoms with van der Waals surface area (Å²) in [5.41, 5.74) is 0. The van der Waals surface area contributed by atoms with Gasteiger partial charge in [-0.1, -0.05) is 57.6 Å². The van der Waals surface area contributed by atoms with E-state index in [-0.39, 0.29) is 48.8 Å². The maximum absolute atomic E-state index is 13.1. The highest BCUT2D eigenvalue weighted by atomic mass is 16.7. The van der Waals surface area contributed by atoms with Crippen molar-refractivity contribution in [1.82, 2.24) is 0 Å². The van der Waals surface area contributed by atoms with Crippen LogP contribution in [0.1, 0.15) is 116 Å². The Labute approximate surface area is 223 Å². The number of unbranched alkanes of at least 4 members (excludes halogenated alkanes) is 5. The zero-order valence-corrected chi connectivity index (χ0v) is 23.0. The van der Waals surface area contributed by atoms with E-state index < -0.39 is 5.97 Å². The van der Waals surface area contributed by atoms with Crippen LogP contribution < -0.4 is 0 Å². The van der Waals surface area contributed by atoms with Gasteiger partial charge in [0.2, 0.25) is 0 Å². The minimum Gasteiger partial charge on any atom is -0.481 e. The Kier molecular flexibility index (Phi) is 14.2. The summed E-state index contributed by atoms with van der Waals surface area (Å²) in [6.45, 7) is 3.70. The molecule has 2 heterocycles. The summed E-state index contributed by atoms with van der Waals surface area (Å²) in [5.74, 6) is -0.511. The quantitative estimate of drug-likeness (QED) is 0.170. The molecule has 0 aromatic heterocycles. The molecule has 0 aromatic carbocycles. The second-order valence-electron chi connectivity index (χ2n) is 11.0. The van der Waals surface area contributed by atoms with E-state index in [1.807, 2.05) is 0 Å². The Hall–Kier alpha value is -1.28. The summed E-state index contributed by atoms with van der Waals surface area (Å²) in [5, 5.41) is 8.86. The number of ether oxygens (including phenoxy) is 4. The van der Waals surface area contributed by atoms with Crippen molar-refractivity contribution in [2.24, 2.45) is 11.8 Å². The minimum absolute atomic E-state index is 0.0154. The van der Waals surface area contributed by atoms with Gasteiger partial charge in [-0.25, -0.2) is 0 Å². The first-order valence-electron chi connectivity index (χ1n) is 15.0. The highest BCUT2D eigenvalue weighted by Gasteiger charge is 2.42. The molecule has 2 saturated heterocycles. The van der Waals surface area contributed by atoms with Crippen molar-refractivity contribution in [2.45, 2.75) is 141 Å². The van der Waals surface area contributed by atoms with Crippen molar-refractivity contribution < 1.29 is 33.6 Å². The number of Topliss-reactive ketones (excluding diaryl/α,β-unsaturated/α-hetero) is 1. The number of carboxylic acid groups (broad SMARTS) is 1. The first kappa shape index (κ1) is 30.3. The van der Waals surface area contributed by atoms with Gasteiger partial charge < -0.3 is 24.1 Å². The van der Waals surface area contributed by atoms with Crippen LogP contribution in [0.4, 0.5) is 0 Å². The zero-order valence-electron chi connectivity index (χ0n) is 23.0. The lowest BCUT2D eigenvalue weighted by Crippen LogP contribution is -2.31. The molecule has 0 spiro atoms. The average molecular weight is 523 g/mol. The molecule has 2 aliphatic heterocycles. The van der Waals surface area contributed by atoms with Gasteiger partial charge in [0.15, 0.2) is 12.6 Å². The fourth-order valence-corrected chi connectivity index (χ4v) is 5.79. The van der Waals surface area contributed by atoms with Gasteiger partial charge in [0.25, 0.3) is 0 Å². The molecule has 3 aliphatic rings. The molecule has 0 aromatic rings. The molecule has 2 unspecified atom stereocenters. The highest BCUT2D eigenvalue weighted by Crippen LogP contribution is 2.38. The van der Waals surface area contributed by atoms with E-state index in [0.717, 1.165) is 90.3 Å². The van der Waals surface area contributed by atoms with Crippen molar-refractivity contribution in [1.29, 1.82) is 0 Å². The summed E-state index contributed by atoms with van der Waals surface area (Å²) >= 11 is 0. The van der Waals surface area contributed by atoms with Crippen LogP contribution in [0.2, 0.25) is 0 Å². The van der Waals surface area contributed by atoms with E-state index in [2.05, 4.69) is 19.1 Å². The molecular formula is C30H50O7. The predicted molar refractivity (Wildman–Crippen MR) is 142 cm³/mol. The molecule has 212 valence electrons. The SMILES string of the molecule is CCCCC[C@@H](/C=C/[C@H]1[C@H](OC2CCCCO2)CC(=O)[C@@H]1CCCCCCC(=O)O)OC1CCCCO1. The molecule has 0 amide bonds. The molecule has 0 bridgehead atoms. The standard InChI is InChI=1S/C30H50O7/c1-2-3-6-13-23(36-29-16-9-11-20-34-29)18-19-25-24(14-7-4-5-8-15-28(32)33)26(31)22-27(25)37-30-17-10-12-21-35-30/h18-19,23-25,27,29-30H,2-17,20-22H2,1H3,(H,32,33)/b19-18+/t23-,24+,25+,27+,29?,30?/m0/s1. The topological polar surface area (TPSA) is 91.3 Å². The summed E-state index contributed by atoms with van der Waals surface area (Å²) in [4.78, 5) is 23.9. The molecule has 1 aliphatic carbocycles. The smallest absolute Gasteiger partial charge is 0.303 e. The van der Waals surface area contributed by atoms with Crippen molar-refractivity contribution in [3.05, 3.63) is 12.2 Å². The van der Waals surface area contributed by atoms with E-state index >= 15 is 0 Å². The summed E-state index contributed by atoms with van der Waals surface area (Å²) < 4.78 is 24.5. The number of carbonyl (C=O) groups excluding carboxylic acids is 1. The number of ketones is 1. The van der Waals surface area contributed by atoms with Crippen molar-refractivity contribution in [3.63, 3.8) is 0 Å². The Morgan fingerprint density at radius 3 is 2.41 bits per heavy atom. The number of hydrogen-bond acceptors (Lipinski definition) is 6. The van der Waals surface area contributed by atoms with Gasteiger partial charge in [-0.2, -0.15) is 0 Å². The Balaban J connectivity index is 1.63. The van der Waals surface area contributed by atoms with E-state index in [4.69, 9.17) is 24.1 Å².